The first-order valence-corrected chi connectivity index (χ1v) is 7.71. The molecule has 0 fully saturated rings. The van der Waals surface area contributed by atoms with E-state index in [0.717, 1.165) is 0 Å². The molecule has 4 heterocycles. The van der Waals surface area contributed by atoms with Crippen molar-refractivity contribution in [3.63, 3.8) is 0 Å². The maximum absolute atomic E-state index is 12.4. The maximum atomic E-state index is 12.4. The highest BCUT2D eigenvalue weighted by molar-refractivity contribution is 5.97. The molecule has 4 rings (SSSR count). The van der Waals surface area contributed by atoms with Crippen LogP contribution in [-0.4, -0.2) is 50.7 Å². The Morgan fingerprint density at radius 3 is 2.57 bits per heavy atom. The molecule has 3 aromatic rings. The Morgan fingerprint density at radius 2 is 1.89 bits per heavy atom. The number of aliphatic imine (C=N–C) groups is 1. The molecular formula is C14H10N6O8. The normalized spacial score (nSPS) is 18.4. The number of nitrogens with one attached hydrogen (secondary N) is 1. The minimum atomic E-state index is -2.34. The van der Waals surface area contributed by atoms with E-state index in [4.69, 9.17) is 18.8 Å². The van der Waals surface area contributed by atoms with Crippen molar-refractivity contribution in [3.8, 4) is 11.6 Å². The quantitative estimate of drug-likeness (QED) is 0.559. The van der Waals surface area contributed by atoms with E-state index in [0.29, 0.717) is 0 Å². The van der Waals surface area contributed by atoms with E-state index in [1.807, 2.05) is 0 Å². The summed E-state index contributed by atoms with van der Waals surface area (Å²) in [5.74, 6) is -5.27. The van der Waals surface area contributed by atoms with Crippen LogP contribution in [0.4, 0.5) is 0 Å². The topological polar surface area (TPSA) is 177 Å². The largest absolute Gasteiger partial charge is 0.460 e. The van der Waals surface area contributed by atoms with E-state index in [-0.39, 0.29) is 29.8 Å². The average molecular weight is 390 g/mol. The molecule has 28 heavy (non-hydrogen) atoms. The fraction of sp³-hybridized carbons (Fsp3) is 0.214. The van der Waals surface area contributed by atoms with Crippen LogP contribution in [0, 0.1) is 0 Å². The molecule has 1 aliphatic rings. The van der Waals surface area contributed by atoms with Gasteiger partial charge in [0.05, 0.1) is 6.61 Å². The van der Waals surface area contributed by atoms with Gasteiger partial charge in [-0.1, -0.05) is 15.8 Å². The van der Waals surface area contributed by atoms with Crippen molar-refractivity contribution in [1.82, 2.24) is 25.9 Å². The zero-order chi connectivity index (χ0) is 19.6. The molecule has 0 aromatic carbocycles. The monoisotopic (exact) mass is 390 g/mol. The summed E-state index contributed by atoms with van der Waals surface area (Å²) in [5.41, 5.74) is 2.58. The number of hydroxylamine groups is 1. The fourth-order valence-corrected chi connectivity index (χ4v) is 2.05. The molecule has 1 atom stereocenters. The Hall–Kier alpha value is -4.07. The Labute approximate surface area is 154 Å². The van der Waals surface area contributed by atoms with Crippen LogP contribution >= 0.6 is 0 Å². The van der Waals surface area contributed by atoms with Crippen molar-refractivity contribution in [2.75, 3.05) is 6.61 Å². The third kappa shape index (κ3) is 3.07. The van der Waals surface area contributed by atoms with Gasteiger partial charge in [-0.3, -0.25) is 0 Å². The molecule has 1 aliphatic heterocycles. The number of carbonyl (C=O) groups is 2. The van der Waals surface area contributed by atoms with Crippen molar-refractivity contribution in [3.05, 3.63) is 36.2 Å². The number of esters is 2. The molecular weight excluding hydrogens is 380 g/mol. The lowest BCUT2D eigenvalue weighted by molar-refractivity contribution is -0.175. The van der Waals surface area contributed by atoms with Crippen molar-refractivity contribution in [1.29, 1.82) is 0 Å². The van der Waals surface area contributed by atoms with Gasteiger partial charge < -0.3 is 27.9 Å². The summed E-state index contributed by atoms with van der Waals surface area (Å²) < 4.78 is 24.3. The second-order valence-corrected chi connectivity index (χ2v) is 5.07. The summed E-state index contributed by atoms with van der Waals surface area (Å²) in [6, 6.07) is 2.87. The minimum absolute atomic E-state index is 0.00680. The lowest BCUT2D eigenvalue weighted by Crippen LogP contribution is -2.51. The molecule has 14 nitrogen and oxygen atoms in total. The Morgan fingerprint density at radius 1 is 1.14 bits per heavy atom. The van der Waals surface area contributed by atoms with E-state index < -0.39 is 23.6 Å². The van der Waals surface area contributed by atoms with E-state index in [1.165, 1.54) is 24.7 Å². The first-order chi connectivity index (χ1) is 13.6. The summed E-state index contributed by atoms with van der Waals surface area (Å²) in [7, 11) is 0. The third-order valence-corrected chi connectivity index (χ3v) is 3.26. The van der Waals surface area contributed by atoms with Crippen molar-refractivity contribution in [2.24, 2.45) is 4.99 Å². The highest BCUT2D eigenvalue weighted by Gasteiger charge is 2.51. The number of ether oxygens (including phenoxy) is 2. The van der Waals surface area contributed by atoms with E-state index in [9.17, 15) is 9.59 Å². The highest BCUT2D eigenvalue weighted by Crippen LogP contribution is 2.22. The van der Waals surface area contributed by atoms with Crippen LogP contribution in [0.2, 0.25) is 0 Å². The first-order valence-electron chi connectivity index (χ1n) is 7.71. The summed E-state index contributed by atoms with van der Waals surface area (Å²) in [6.07, 6.45) is 2.55. The van der Waals surface area contributed by atoms with Gasteiger partial charge in [0.25, 0.3) is 17.6 Å². The van der Waals surface area contributed by atoms with Crippen molar-refractivity contribution >= 4 is 17.8 Å². The molecule has 3 aromatic heterocycles. The number of nitrogens with zero attached hydrogens (tertiary/aromatic N) is 5. The molecule has 1 N–H and O–H groups in total. The second-order valence-electron chi connectivity index (χ2n) is 5.07. The molecule has 0 amide bonds. The Balaban J connectivity index is 1.60. The lowest BCUT2D eigenvalue weighted by atomic mass is 10.4. The summed E-state index contributed by atoms with van der Waals surface area (Å²) in [5, 5.41) is 10.7. The van der Waals surface area contributed by atoms with E-state index >= 15 is 0 Å². The maximum Gasteiger partial charge on any atom is 0.396 e. The number of hydrogen-bond acceptors (Lipinski definition) is 14. The van der Waals surface area contributed by atoms with Gasteiger partial charge in [0.2, 0.25) is 0 Å². The van der Waals surface area contributed by atoms with Crippen LogP contribution in [0.15, 0.2) is 43.2 Å². The van der Waals surface area contributed by atoms with E-state index in [2.05, 4.69) is 40.0 Å². The van der Waals surface area contributed by atoms with Crippen LogP contribution in [0.3, 0.4) is 0 Å². The molecule has 1 unspecified atom stereocenters. The highest BCUT2D eigenvalue weighted by atomic mass is 16.7. The lowest BCUT2D eigenvalue weighted by Gasteiger charge is -2.20. The summed E-state index contributed by atoms with van der Waals surface area (Å²) in [6.45, 7) is 1.56. The minimum Gasteiger partial charge on any atom is -0.460 e. The van der Waals surface area contributed by atoms with Gasteiger partial charge in [0, 0.05) is 12.1 Å². The first kappa shape index (κ1) is 17.3. The number of aromatic nitrogens is 4. The standard InChI is InChI=1S/C14H10N6O8/c1-2-23-13(22)14(16-11(28-20-14)8-4-6-25-18-8)26-12(21)9-15-10(27-19-9)7-3-5-24-17-7/h3-6,20H,2H2,1H3. The van der Waals surface area contributed by atoms with Crippen LogP contribution in [0.1, 0.15) is 23.2 Å². The van der Waals surface area contributed by atoms with Gasteiger partial charge >= 0.3 is 17.8 Å². The zero-order valence-corrected chi connectivity index (χ0v) is 14.0. The molecule has 144 valence electrons. The smallest absolute Gasteiger partial charge is 0.396 e. The van der Waals surface area contributed by atoms with Gasteiger partial charge in [0.15, 0.2) is 11.4 Å². The molecule has 14 heteroatoms. The van der Waals surface area contributed by atoms with Crippen LogP contribution in [0.25, 0.3) is 11.6 Å². The SMILES string of the molecule is CCOC(=O)C1(OC(=O)c2noc(-c3ccon3)n2)N=C(c2ccon2)ON1. The number of hydrogen-bond donors (Lipinski definition) is 1. The van der Waals surface area contributed by atoms with E-state index in [1.54, 1.807) is 6.92 Å². The third-order valence-electron chi connectivity index (χ3n) is 3.26. The summed E-state index contributed by atoms with van der Waals surface area (Å²) >= 11 is 0. The molecule has 0 saturated carbocycles. The predicted octanol–water partition coefficient (Wildman–Crippen LogP) is 0.0679. The van der Waals surface area contributed by atoms with Gasteiger partial charge in [0.1, 0.15) is 12.5 Å². The average Bonchev–Trinajstić information content (AvgIpc) is 3.49. The molecule has 0 aliphatic carbocycles. The predicted molar refractivity (Wildman–Crippen MR) is 81.8 cm³/mol. The number of rotatable bonds is 6. The van der Waals surface area contributed by atoms with Crippen molar-refractivity contribution < 1.29 is 37.5 Å². The molecule has 0 bridgehead atoms. The number of carbonyl (C=O) groups excluding carboxylic acids is 2. The van der Waals surface area contributed by atoms with Gasteiger partial charge in [-0.25, -0.2) is 9.59 Å². The van der Waals surface area contributed by atoms with Gasteiger partial charge in [-0.15, -0.1) is 0 Å². The van der Waals surface area contributed by atoms with Gasteiger partial charge in [-0.2, -0.15) is 9.98 Å². The summed E-state index contributed by atoms with van der Waals surface area (Å²) in [4.78, 5) is 37.7. The van der Waals surface area contributed by atoms with Crippen LogP contribution in [-0.2, 0) is 19.1 Å². The van der Waals surface area contributed by atoms with Crippen LogP contribution in [0.5, 0.6) is 0 Å². The fourth-order valence-electron chi connectivity index (χ4n) is 2.05. The van der Waals surface area contributed by atoms with Crippen molar-refractivity contribution in [2.45, 2.75) is 12.8 Å². The second kappa shape index (κ2) is 6.92. The molecule has 0 spiro atoms. The Kier molecular flexibility index (Phi) is 4.29. The Bertz CT molecular complexity index is 1010. The zero-order valence-electron chi connectivity index (χ0n) is 14.0. The van der Waals surface area contributed by atoms with Crippen LogP contribution < -0.4 is 5.48 Å². The molecule has 0 radical (unpaired) electrons. The molecule has 0 saturated heterocycles. The van der Waals surface area contributed by atoms with Gasteiger partial charge in [-0.05, 0) is 12.1 Å².